The Labute approximate surface area is 120 Å². The molecule has 112 valence electrons. The van der Waals surface area contributed by atoms with Crippen LogP contribution >= 0.6 is 0 Å². The van der Waals surface area contributed by atoms with Crippen molar-refractivity contribution in [1.82, 2.24) is 4.98 Å². The molecule has 0 aliphatic rings. The lowest BCUT2D eigenvalue weighted by molar-refractivity contribution is -0.116. The van der Waals surface area contributed by atoms with Crippen LogP contribution < -0.4 is 20.7 Å². The molecule has 0 fully saturated rings. The van der Waals surface area contributed by atoms with Gasteiger partial charge in [-0.05, 0) is 12.5 Å². The Bertz CT molecular complexity index is 449. The fourth-order valence-electron chi connectivity index (χ4n) is 1.98. The first-order valence-corrected chi connectivity index (χ1v) is 6.75. The van der Waals surface area contributed by atoms with Gasteiger partial charge >= 0.3 is 0 Å². The van der Waals surface area contributed by atoms with Crippen molar-refractivity contribution in [3.05, 3.63) is 12.3 Å². The van der Waals surface area contributed by atoms with Crippen LogP contribution in [0.4, 0.5) is 11.4 Å². The van der Waals surface area contributed by atoms with Crippen molar-refractivity contribution in [1.29, 1.82) is 0 Å². The van der Waals surface area contributed by atoms with E-state index >= 15 is 0 Å². The van der Waals surface area contributed by atoms with Crippen molar-refractivity contribution in [3.8, 4) is 5.88 Å². The molecule has 3 N–H and O–H groups in total. The smallest absolute Gasteiger partial charge is 0.239 e. The minimum atomic E-state index is -0.125. The Morgan fingerprint density at radius 2 is 2.25 bits per heavy atom. The Kier molecular flexibility index (Phi) is 6.24. The SMILES string of the molecule is CCCC(N)CC(=O)Nc1c(N(C)C)ccnc1OC. The molecule has 0 saturated carbocycles. The van der Waals surface area contributed by atoms with Crippen molar-refractivity contribution in [2.75, 3.05) is 31.4 Å². The van der Waals surface area contributed by atoms with Gasteiger partial charge in [-0.3, -0.25) is 4.79 Å². The third-order valence-electron chi connectivity index (χ3n) is 2.94. The summed E-state index contributed by atoms with van der Waals surface area (Å²) < 4.78 is 5.21. The number of amides is 1. The molecule has 0 spiro atoms. The summed E-state index contributed by atoms with van der Waals surface area (Å²) in [6.45, 7) is 2.05. The number of ether oxygens (including phenoxy) is 1. The van der Waals surface area contributed by atoms with E-state index in [4.69, 9.17) is 10.5 Å². The second-order valence-corrected chi connectivity index (χ2v) is 4.91. The van der Waals surface area contributed by atoms with Crippen LogP contribution in [0.15, 0.2) is 12.3 Å². The number of nitrogens with one attached hydrogen (secondary N) is 1. The number of nitrogens with zero attached hydrogens (tertiary/aromatic N) is 2. The Morgan fingerprint density at radius 1 is 1.55 bits per heavy atom. The van der Waals surface area contributed by atoms with E-state index in [2.05, 4.69) is 10.3 Å². The molecule has 1 unspecified atom stereocenters. The van der Waals surface area contributed by atoms with E-state index in [0.717, 1.165) is 18.5 Å². The highest BCUT2D eigenvalue weighted by atomic mass is 16.5. The van der Waals surface area contributed by atoms with Gasteiger partial charge in [0.2, 0.25) is 11.8 Å². The van der Waals surface area contributed by atoms with Crippen LogP contribution in [0, 0.1) is 0 Å². The van der Waals surface area contributed by atoms with Gasteiger partial charge in [0.15, 0.2) is 0 Å². The number of rotatable bonds is 7. The molecule has 0 aliphatic heterocycles. The maximum atomic E-state index is 12.0. The van der Waals surface area contributed by atoms with Gasteiger partial charge in [0, 0.05) is 32.8 Å². The lowest BCUT2D eigenvalue weighted by Crippen LogP contribution is -2.27. The normalized spacial score (nSPS) is 11.8. The summed E-state index contributed by atoms with van der Waals surface area (Å²) in [6, 6.07) is 1.70. The van der Waals surface area contributed by atoms with E-state index in [-0.39, 0.29) is 11.9 Å². The minimum absolute atomic E-state index is 0.120. The lowest BCUT2D eigenvalue weighted by atomic mass is 10.1. The zero-order valence-electron chi connectivity index (χ0n) is 12.6. The summed E-state index contributed by atoms with van der Waals surface area (Å²) in [5.41, 5.74) is 7.31. The zero-order valence-corrected chi connectivity index (χ0v) is 12.6. The highest BCUT2D eigenvalue weighted by Crippen LogP contribution is 2.32. The minimum Gasteiger partial charge on any atom is -0.479 e. The van der Waals surface area contributed by atoms with Crippen LogP contribution in [0.2, 0.25) is 0 Å². The first kappa shape index (κ1) is 16.2. The van der Waals surface area contributed by atoms with Crippen LogP contribution in [0.5, 0.6) is 5.88 Å². The predicted octanol–water partition coefficient (Wildman–Crippen LogP) is 1.61. The Hall–Kier alpha value is -1.82. The van der Waals surface area contributed by atoms with Gasteiger partial charge in [0.05, 0.1) is 12.8 Å². The van der Waals surface area contributed by atoms with Crippen molar-refractivity contribution in [3.63, 3.8) is 0 Å². The van der Waals surface area contributed by atoms with Gasteiger partial charge in [-0.2, -0.15) is 0 Å². The monoisotopic (exact) mass is 280 g/mol. The quantitative estimate of drug-likeness (QED) is 0.793. The summed E-state index contributed by atoms with van der Waals surface area (Å²) >= 11 is 0. The number of carbonyl (C=O) groups excluding carboxylic acids is 1. The van der Waals surface area contributed by atoms with Crippen molar-refractivity contribution in [2.45, 2.75) is 32.2 Å². The molecule has 0 bridgehead atoms. The molecule has 20 heavy (non-hydrogen) atoms. The van der Waals surface area contributed by atoms with Crippen LogP contribution in [0.3, 0.4) is 0 Å². The molecule has 0 radical (unpaired) electrons. The molecule has 0 saturated heterocycles. The topological polar surface area (TPSA) is 80.5 Å². The Balaban J connectivity index is 2.87. The van der Waals surface area contributed by atoms with Crippen molar-refractivity contribution >= 4 is 17.3 Å². The number of hydrogen-bond donors (Lipinski definition) is 2. The van der Waals surface area contributed by atoms with Gasteiger partial charge in [-0.15, -0.1) is 0 Å². The molecule has 1 atom stereocenters. The molecular formula is C14H24N4O2. The maximum Gasteiger partial charge on any atom is 0.239 e. The standard InChI is InChI=1S/C14H24N4O2/c1-5-6-10(15)9-12(19)17-13-11(18(2)3)7-8-16-14(13)20-4/h7-8,10H,5-6,9,15H2,1-4H3,(H,17,19). The summed E-state index contributed by atoms with van der Waals surface area (Å²) in [7, 11) is 5.32. The van der Waals surface area contributed by atoms with Gasteiger partial charge in [-0.25, -0.2) is 4.98 Å². The predicted molar refractivity (Wildman–Crippen MR) is 81.2 cm³/mol. The highest BCUT2D eigenvalue weighted by Gasteiger charge is 2.16. The second-order valence-electron chi connectivity index (χ2n) is 4.91. The molecule has 0 aromatic carbocycles. The summed E-state index contributed by atoms with van der Waals surface area (Å²) in [5.74, 6) is 0.272. The summed E-state index contributed by atoms with van der Waals surface area (Å²) in [4.78, 5) is 18.1. The van der Waals surface area contributed by atoms with Crippen molar-refractivity contribution in [2.24, 2.45) is 5.73 Å². The molecule has 1 aromatic rings. The van der Waals surface area contributed by atoms with Crippen LogP contribution in [0.25, 0.3) is 0 Å². The highest BCUT2D eigenvalue weighted by molar-refractivity contribution is 5.96. The van der Waals surface area contributed by atoms with Gasteiger partial charge < -0.3 is 20.7 Å². The molecular weight excluding hydrogens is 256 g/mol. The largest absolute Gasteiger partial charge is 0.479 e. The molecule has 6 heteroatoms. The number of hydrogen-bond acceptors (Lipinski definition) is 5. The van der Waals surface area contributed by atoms with E-state index in [1.54, 1.807) is 6.20 Å². The number of pyridine rings is 1. The van der Waals surface area contributed by atoms with Crippen LogP contribution in [0.1, 0.15) is 26.2 Å². The fraction of sp³-hybridized carbons (Fsp3) is 0.571. The first-order chi connectivity index (χ1) is 9.49. The van der Waals surface area contributed by atoms with Crippen molar-refractivity contribution < 1.29 is 9.53 Å². The number of anilines is 2. The maximum absolute atomic E-state index is 12.0. The molecule has 1 heterocycles. The van der Waals surface area contributed by atoms with E-state index in [1.165, 1.54) is 7.11 Å². The lowest BCUT2D eigenvalue weighted by Gasteiger charge is -2.20. The number of nitrogens with two attached hydrogens (primary N) is 1. The average Bonchev–Trinajstić information content (AvgIpc) is 2.38. The van der Waals surface area contributed by atoms with E-state index in [1.807, 2.05) is 32.0 Å². The van der Waals surface area contributed by atoms with E-state index in [9.17, 15) is 4.79 Å². The van der Waals surface area contributed by atoms with E-state index in [0.29, 0.717) is 18.0 Å². The molecule has 1 rings (SSSR count). The molecule has 6 nitrogen and oxygen atoms in total. The zero-order chi connectivity index (χ0) is 15.1. The summed E-state index contributed by atoms with van der Waals surface area (Å²) in [6.07, 6.45) is 3.73. The van der Waals surface area contributed by atoms with Gasteiger partial charge in [0.25, 0.3) is 0 Å². The Morgan fingerprint density at radius 3 is 2.80 bits per heavy atom. The third-order valence-corrected chi connectivity index (χ3v) is 2.94. The average molecular weight is 280 g/mol. The molecule has 1 aromatic heterocycles. The number of aromatic nitrogens is 1. The molecule has 1 amide bonds. The summed E-state index contributed by atoms with van der Waals surface area (Å²) in [5, 5.41) is 2.85. The van der Waals surface area contributed by atoms with Crippen LogP contribution in [-0.2, 0) is 4.79 Å². The molecule has 0 aliphatic carbocycles. The number of methoxy groups -OCH3 is 1. The number of carbonyl (C=O) groups is 1. The van der Waals surface area contributed by atoms with Gasteiger partial charge in [0.1, 0.15) is 5.69 Å². The van der Waals surface area contributed by atoms with Gasteiger partial charge in [-0.1, -0.05) is 13.3 Å². The first-order valence-electron chi connectivity index (χ1n) is 6.75. The van der Waals surface area contributed by atoms with E-state index < -0.39 is 0 Å². The fourth-order valence-corrected chi connectivity index (χ4v) is 1.98. The second kappa shape index (κ2) is 7.69. The third kappa shape index (κ3) is 4.38. The van der Waals surface area contributed by atoms with Crippen LogP contribution in [-0.4, -0.2) is 38.1 Å².